The third-order valence-electron chi connectivity index (χ3n) is 3.38. The number of amides is 2. The van der Waals surface area contributed by atoms with E-state index in [-0.39, 0.29) is 12.6 Å². The van der Waals surface area contributed by atoms with Gasteiger partial charge < -0.3 is 20.1 Å². The summed E-state index contributed by atoms with van der Waals surface area (Å²) < 4.78 is 10.6. The zero-order valence-corrected chi connectivity index (χ0v) is 15.6. The van der Waals surface area contributed by atoms with Gasteiger partial charge in [-0.1, -0.05) is 35.3 Å². The fraction of sp³-hybridized carbons (Fsp3) is 0.278. The fourth-order valence-electron chi connectivity index (χ4n) is 2.09. The zero-order chi connectivity index (χ0) is 18.2. The van der Waals surface area contributed by atoms with Crippen LogP contribution in [0.2, 0.25) is 10.0 Å². The highest BCUT2D eigenvalue weighted by atomic mass is 35.5. The maximum atomic E-state index is 12.2. The second kappa shape index (κ2) is 9.51. The van der Waals surface area contributed by atoms with E-state index >= 15 is 0 Å². The number of nitrogens with one attached hydrogen (secondary N) is 2. The van der Waals surface area contributed by atoms with Crippen LogP contribution in [0.5, 0.6) is 5.75 Å². The molecule has 0 aromatic heterocycles. The Morgan fingerprint density at radius 2 is 1.92 bits per heavy atom. The first kappa shape index (κ1) is 19.4. The standard InChI is InChI=1S/C18H20Cl2N2O3/c1-12-3-6-16(17(9-12)25-8-7-24-2)22-18(23)21-11-13-4-5-14(19)10-15(13)20/h3-6,9-10H,7-8,11H2,1-2H3,(H2,21,22,23). The van der Waals surface area contributed by atoms with Gasteiger partial charge in [0.1, 0.15) is 12.4 Å². The summed E-state index contributed by atoms with van der Waals surface area (Å²) in [5.41, 5.74) is 2.40. The highest BCUT2D eigenvalue weighted by molar-refractivity contribution is 6.35. The minimum absolute atomic E-state index is 0.285. The molecule has 0 atom stereocenters. The van der Waals surface area contributed by atoms with Crippen LogP contribution in [0.4, 0.5) is 10.5 Å². The van der Waals surface area contributed by atoms with E-state index in [1.54, 1.807) is 31.4 Å². The number of urea groups is 1. The van der Waals surface area contributed by atoms with Gasteiger partial charge >= 0.3 is 6.03 Å². The lowest BCUT2D eigenvalue weighted by atomic mass is 10.2. The summed E-state index contributed by atoms with van der Waals surface area (Å²) in [5.74, 6) is 0.594. The zero-order valence-electron chi connectivity index (χ0n) is 14.1. The molecule has 2 aromatic rings. The molecule has 0 aliphatic rings. The first-order valence-electron chi connectivity index (χ1n) is 7.70. The molecule has 2 rings (SSSR count). The number of hydrogen-bond acceptors (Lipinski definition) is 3. The molecule has 2 amide bonds. The van der Waals surface area contributed by atoms with Gasteiger partial charge in [-0.15, -0.1) is 0 Å². The molecule has 5 nitrogen and oxygen atoms in total. The van der Waals surface area contributed by atoms with Gasteiger partial charge in [-0.25, -0.2) is 4.79 Å². The topological polar surface area (TPSA) is 59.6 Å². The Hall–Kier alpha value is -1.95. The fourth-order valence-corrected chi connectivity index (χ4v) is 2.57. The SMILES string of the molecule is COCCOc1cc(C)ccc1NC(=O)NCc1ccc(Cl)cc1Cl. The Labute approximate surface area is 157 Å². The van der Waals surface area contributed by atoms with Crippen LogP contribution in [0, 0.1) is 6.92 Å². The average molecular weight is 383 g/mol. The van der Waals surface area contributed by atoms with Crippen molar-refractivity contribution in [1.29, 1.82) is 0 Å². The summed E-state index contributed by atoms with van der Waals surface area (Å²) in [6.45, 7) is 3.11. The van der Waals surface area contributed by atoms with E-state index < -0.39 is 0 Å². The van der Waals surface area contributed by atoms with Crippen LogP contribution >= 0.6 is 23.2 Å². The molecule has 2 aromatic carbocycles. The maximum Gasteiger partial charge on any atom is 0.319 e. The molecule has 0 saturated carbocycles. The average Bonchev–Trinajstić information content (AvgIpc) is 2.56. The highest BCUT2D eigenvalue weighted by Crippen LogP contribution is 2.26. The number of aryl methyl sites for hydroxylation is 1. The van der Waals surface area contributed by atoms with Crippen molar-refractivity contribution in [3.8, 4) is 5.75 Å². The third kappa shape index (κ3) is 6.12. The second-order valence-electron chi connectivity index (χ2n) is 5.38. The lowest BCUT2D eigenvalue weighted by Gasteiger charge is -2.14. The molecule has 0 unspecified atom stereocenters. The maximum absolute atomic E-state index is 12.2. The lowest BCUT2D eigenvalue weighted by Crippen LogP contribution is -2.28. The molecule has 0 heterocycles. The number of hydrogen-bond donors (Lipinski definition) is 2. The van der Waals surface area contributed by atoms with Crippen molar-refractivity contribution in [2.75, 3.05) is 25.6 Å². The van der Waals surface area contributed by atoms with Gasteiger partial charge in [-0.3, -0.25) is 0 Å². The summed E-state index contributed by atoms with van der Waals surface area (Å²) in [4.78, 5) is 12.2. The summed E-state index contributed by atoms with van der Waals surface area (Å²) in [5, 5.41) is 6.60. The van der Waals surface area contributed by atoms with Crippen molar-refractivity contribution in [2.24, 2.45) is 0 Å². The minimum Gasteiger partial charge on any atom is -0.489 e. The molecule has 0 fully saturated rings. The first-order chi connectivity index (χ1) is 12.0. The van der Waals surface area contributed by atoms with Crippen LogP contribution in [0.15, 0.2) is 36.4 Å². The normalized spacial score (nSPS) is 10.4. The molecule has 0 spiro atoms. The molecule has 134 valence electrons. The van der Waals surface area contributed by atoms with Crippen LogP contribution in [-0.4, -0.2) is 26.4 Å². The van der Waals surface area contributed by atoms with E-state index in [0.29, 0.717) is 34.7 Å². The monoisotopic (exact) mass is 382 g/mol. The number of ether oxygens (including phenoxy) is 2. The minimum atomic E-state index is -0.355. The van der Waals surface area contributed by atoms with Gasteiger partial charge in [-0.2, -0.15) is 0 Å². The Kier molecular flexibility index (Phi) is 7.37. The number of anilines is 1. The number of benzene rings is 2. The molecule has 0 saturated heterocycles. The molecule has 25 heavy (non-hydrogen) atoms. The van der Waals surface area contributed by atoms with Crippen molar-refractivity contribution < 1.29 is 14.3 Å². The third-order valence-corrected chi connectivity index (χ3v) is 3.97. The predicted octanol–water partition coefficient (Wildman–Crippen LogP) is 4.65. The van der Waals surface area contributed by atoms with E-state index in [1.165, 1.54) is 0 Å². The number of rotatable bonds is 7. The summed E-state index contributed by atoms with van der Waals surface area (Å²) in [7, 11) is 1.61. The van der Waals surface area contributed by atoms with E-state index in [0.717, 1.165) is 11.1 Å². The number of carbonyl (C=O) groups excluding carboxylic acids is 1. The van der Waals surface area contributed by atoms with Crippen LogP contribution in [0.1, 0.15) is 11.1 Å². The molecule has 0 aliphatic heterocycles. The van der Waals surface area contributed by atoms with Crippen LogP contribution in [-0.2, 0) is 11.3 Å². The number of methoxy groups -OCH3 is 1. The molecule has 7 heteroatoms. The summed E-state index contributed by atoms with van der Waals surface area (Å²) >= 11 is 12.0. The second-order valence-corrected chi connectivity index (χ2v) is 6.23. The first-order valence-corrected chi connectivity index (χ1v) is 8.46. The number of carbonyl (C=O) groups is 1. The lowest BCUT2D eigenvalue weighted by molar-refractivity contribution is 0.146. The van der Waals surface area contributed by atoms with E-state index in [2.05, 4.69) is 10.6 Å². The Bertz CT molecular complexity index is 738. The van der Waals surface area contributed by atoms with Gasteiger partial charge in [0.15, 0.2) is 0 Å². The quantitative estimate of drug-likeness (QED) is 0.685. The van der Waals surface area contributed by atoms with Crippen LogP contribution in [0.3, 0.4) is 0 Å². The van der Waals surface area contributed by atoms with Gasteiger partial charge in [0.25, 0.3) is 0 Å². The van der Waals surface area contributed by atoms with Crippen molar-refractivity contribution in [2.45, 2.75) is 13.5 Å². The molecule has 0 bridgehead atoms. The van der Waals surface area contributed by atoms with Crippen molar-refractivity contribution in [3.05, 3.63) is 57.6 Å². The Balaban J connectivity index is 1.97. The molecular formula is C18H20Cl2N2O3. The Morgan fingerprint density at radius 1 is 1.12 bits per heavy atom. The predicted molar refractivity (Wildman–Crippen MR) is 101 cm³/mol. The van der Waals surface area contributed by atoms with Crippen molar-refractivity contribution in [1.82, 2.24) is 5.32 Å². The van der Waals surface area contributed by atoms with E-state index in [4.69, 9.17) is 32.7 Å². The molecule has 2 N–H and O–H groups in total. The van der Waals surface area contributed by atoms with Crippen LogP contribution in [0.25, 0.3) is 0 Å². The van der Waals surface area contributed by atoms with Gasteiger partial charge in [-0.05, 0) is 42.3 Å². The van der Waals surface area contributed by atoms with Gasteiger partial charge in [0.2, 0.25) is 0 Å². The smallest absolute Gasteiger partial charge is 0.319 e. The Morgan fingerprint density at radius 3 is 2.64 bits per heavy atom. The molecule has 0 radical (unpaired) electrons. The van der Waals surface area contributed by atoms with E-state index in [9.17, 15) is 4.79 Å². The molecular weight excluding hydrogens is 363 g/mol. The van der Waals surface area contributed by atoms with Crippen molar-refractivity contribution >= 4 is 34.9 Å². The van der Waals surface area contributed by atoms with Crippen LogP contribution < -0.4 is 15.4 Å². The van der Waals surface area contributed by atoms with E-state index in [1.807, 2.05) is 19.1 Å². The van der Waals surface area contributed by atoms with Crippen molar-refractivity contribution in [3.63, 3.8) is 0 Å². The van der Waals surface area contributed by atoms with Gasteiger partial charge in [0, 0.05) is 23.7 Å². The summed E-state index contributed by atoms with van der Waals surface area (Å²) in [6.07, 6.45) is 0. The summed E-state index contributed by atoms with van der Waals surface area (Å²) in [6, 6.07) is 10.3. The molecule has 0 aliphatic carbocycles. The highest BCUT2D eigenvalue weighted by Gasteiger charge is 2.09. The number of halogens is 2. The largest absolute Gasteiger partial charge is 0.489 e. The van der Waals surface area contributed by atoms with Gasteiger partial charge in [0.05, 0.1) is 12.3 Å².